The first-order valence-corrected chi connectivity index (χ1v) is 8.81. The highest BCUT2D eigenvalue weighted by atomic mass is 16.5. The van der Waals surface area contributed by atoms with Gasteiger partial charge in [0.15, 0.2) is 0 Å². The fourth-order valence-electron chi connectivity index (χ4n) is 2.83. The lowest BCUT2D eigenvalue weighted by atomic mass is 9.97. The molecule has 2 atom stereocenters. The molecule has 2 rings (SSSR count). The Balaban J connectivity index is 1.81. The van der Waals surface area contributed by atoms with E-state index in [1.807, 2.05) is 13.8 Å². The summed E-state index contributed by atoms with van der Waals surface area (Å²) in [6.45, 7) is 5.37. The zero-order chi connectivity index (χ0) is 18.2. The number of carbonyl (C=O) groups is 2. The Bertz CT molecular complexity index is 564. The van der Waals surface area contributed by atoms with Crippen LogP contribution in [0.15, 0.2) is 24.3 Å². The van der Waals surface area contributed by atoms with Crippen molar-refractivity contribution < 1.29 is 24.2 Å². The van der Waals surface area contributed by atoms with Crippen LogP contribution < -0.4 is 10.1 Å². The van der Waals surface area contributed by atoms with Gasteiger partial charge in [0, 0.05) is 18.7 Å². The third kappa shape index (κ3) is 6.38. The third-order valence-corrected chi connectivity index (χ3v) is 4.19. The lowest BCUT2D eigenvalue weighted by molar-refractivity contribution is -0.142. The van der Waals surface area contributed by atoms with Crippen molar-refractivity contribution in [1.82, 2.24) is 5.32 Å². The predicted octanol–water partition coefficient (Wildman–Crippen LogP) is 2.72. The second kappa shape index (κ2) is 9.42. The minimum atomic E-state index is -0.883. The monoisotopic (exact) mass is 349 g/mol. The average Bonchev–Trinajstić information content (AvgIpc) is 3.10. The molecule has 6 heteroatoms. The Morgan fingerprint density at radius 3 is 2.60 bits per heavy atom. The molecule has 0 radical (unpaired) electrons. The first-order chi connectivity index (χ1) is 12.0. The Hall–Kier alpha value is -2.08. The number of hydrogen-bond donors (Lipinski definition) is 2. The van der Waals surface area contributed by atoms with Crippen LogP contribution >= 0.6 is 0 Å². The summed E-state index contributed by atoms with van der Waals surface area (Å²) in [6, 6.07) is 6.84. The molecule has 1 fully saturated rings. The third-order valence-electron chi connectivity index (χ3n) is 4.19. The van der Waals surface area contributed by atoms with Crippen molar-refractivity contribution in [2.45, 2.75) is 39.2 Å². The second-order valence-corrected chi connectivity index (χ2v) is 6.85. The number of carboxylic acids is 1. The van der Waals surface area contributed by atoms with Gasteiger partial charge >= 0.3 is 5.97 Å². The number of ether oxygens (including phenoxy) is 2. The molecule has 1 saturated heterocycles. The number of nitrogens with one attached hydrogen (secondary N) is 1. The number of benzene rings is 1. The van der Waals surface area contributed by atoms with E-state index >= 15 is 0 Å². The van der Waals surface area contributed by atoms with E-state index in [1.54, 1.807) is 24.3 Å². The fraction of sp³-hybridized carbons (Fsp3) is 0.579. The van der Waals surface area contributed by atoms with Crippen LogP contribution in [0.2, 0.25) is 0 Å². The van der Waals surface area contributed by atoms with E-state index in [0.29, 0.717) is 24.3 Å². The maximum atomic E-state index is 12.2. The minimum Gasteiger partial charge on any atom is -0.491 e. The number of aliphatic carboxylic acids is 1. The van der Waals surface area contributed by atoms with Crippen LogP contribution in [-0.4, -0.2) is 42.8 Å². The van der Waals surface area contributed by atoms with Gasteiger partial charge in [0.2, 0.25) is 0 Å². The number of carbonyl (C=O) groups excluding carboxylic acids is 1. The van der Waals surface area contributed by atoms with Crippen molar-refractivity contribution in [2.24, 2.45) is 11.8 Å². The summed E-state index contributed by atoms with van der Waals surface area (Å²) in [5.41, 5.74) is 0.484. The molecule has 1 heterocycles. The van der Waals surface area contributed by atoms with Gasteiger partial charge in [0.1, 0.15) is 12.4 Å². The molecule has 2 unspecified atom stereocenters. The topological polar surface area (TPSA) is 84.9 Å². The standard InChI is InChI=1S/C19H27NO5/c1-13(2)10-15(19(22)23)11-20-18(21)14-5-7-16(8-6-14)25-12-17-4-3-9-24-17/h5-8,13,15,17H,3-4,9-12H2,1-2H3,(H,20,21)(H,22,23). The summed E-state index contributed by atoms with van der Waals surface area (Å²) in [6.07, 6.45) is 2.77. The van der Waals surface area contributed by atoms with Gasteiger partial charge in [-0.2, -0.15) is 0 Å². The fourth-order valence-corrected chi connectivity index (χ4v) is 2.83. The SMILES string of the molecule is CC(C)CC(CNC(=O)c1ccc(OCC2CCCO2)cc1)C(=O)O. The van der Waals surface area contributed by atoms with Crippen molar-refractivity contribution in [3.63, 3.8) is 0 Å². The highest BCUT2D eigenvalue weighted by molar-refractivity contribution is 5.94. The highest BCUT2D eigenvalue weighted by Gasteiger charge is 2.20. The molecule has 1 aromatic rings. The summed E-state index contributed by atoms with van der Waals surface area (Å²) in [4.78, 5) is 23.4. The van der Waals surface area contributed by atoms with Gasteiger partial charge in [0.05, 0.1) is 12.0 Å². The summed E-state index contributed by atoms with van der Waals surface area (Å²) >= 11 is 0. The average molecular weight is 349 g/mol. The largest absolute Gasteiger partial charge is 0.491 e. The van der Waals surface area contributed by atoms with Gasteiger partial charge in [0.25, 0.3) is 5.91 Å². The molecule has 0 bridgehead atoms. The van der Waals surface area contributed by atoms with E-state index in [2.05, 4.69) is 5.32 Å². The van der Waals surface area contributed by atoms with Crippen LogP contribution in [0.5, 0.6) is 5.75 Å². The van der Waals surface area contributed by atoms with Crippen LogP contribution in [0.25, 0.3) is 0 Å². The van der Waals surface area contributed by atoms with Crippen molar-refractivity contribution >= 4 is 11.9 Å². The first kappa shape index (κ1) is 19.2. The van der Waals surface area contributed by atoms with Crippen molar-refractivity contribution in [2.75, 3.05) is 19.8 Å². The first-order valence-electron chi connectivity index (χ1n) is 8.81. The van der Waals surface area contributed by atoms with Gasteiger partial charge in [-0.25, -0.2) is 0 Å². The van der Waals surface area contributed by atoms with Crippen LogP contribution in [0.3, 0.4) is 0 Å². The molecule has 2 N–H and O–H groups in total. The van der Waals surface area contributed by atoms with Gasteiger partial charge in [-0.05, 0) is 49.4 Å². The summed E-state index contributed by atoms with van der Waals surface area (Å²) < 4.78 is 11.2. The minimum absolute atomic E-state index is 0.129. The molecule has 138 valence electrons. The maximum Gasteiger partial charge on any atom is 0.308 e. The predicted molar refractivity (Wildman–Crippen MR) is 93.8 cm³/mol. The molecular formula is C19H27NO5. The summed E-state index contributed by atoms with van der Waals surface area (Å²) in [7, 11) is 0. The van der Waals surface area contributed by atoms with Gasteiger partial charge in [-0.1, -0.05) is 13.8 Å². The van der Waals surface area contributed by atoms with E-state index in [0.717, 1.165) is 19.4 Å². The van der Waals surface area contributed by atoms with E-state index in [9.17, 15) is 14.7 Å². The van der Waals surface area contributed by atoms with E-state index in [4.69, 9.17) is 9.47 Å². The zero-order valence-corrected chi connectivity index (χ0v) is 14.9. The number of amides is 1. The summed E-state index contributed by atoms with van der Waals surface area (Å²) in [5.74, 6) is -0.779. The Kier molecular flexibility index (Phi) is 7.25. The molecule has 0 spiro atoms. The summed E-state index contributed by atoms with van der Waals surface area (Å²) in [5, 5.41) is 11.9. The molecule has 1 amide bonds. The molecule has 0 saturated carbocycles. The zero-order valence-electron chi connectivity index (χ0n) is 14.9. The number of carboxylic acid groups (broad SMARTS) is 1. The van der Waals surface area contributed by atoms with Crippen LogP contribution in [-0.2, 0) is 9.53 Å². The van der Waals surface area contributed by atoms with Gasteiger partial charge in [-0.3, -0.25) is 9.59 Å². The van der Waals surface area contributed by atoms with Crippen LogP contribution in [0, 0.1) is 11.8 Å². The second-order valence-electron chi connectivity index (χ2n) is 6.85. The highest BCUT2D eigenvalue weighted by Crippen LogP contribution is 2.17. The Morgan fingerprint density at radius 1 is 1.32 bits per heavy atom. The molecule has 1 aliphatic heterocycles. The van der Waals surface area contributed by atoms with E-state index < -0.39 is 11.9 Å². The number of rotatable bonds is 9. The van der Waals surface area contributed by atoms with Crippen molar-refractivity contribution in [3.05, 3.63) is 29.8 Å². The molecule has 6 nitrogen and oxygen atoms in total. The van der Waals surface area contributed by atoms with Crippen molar-refractivity contribution in [3.8, 4) is 5.75 Å². The van der Waals surface area contributed by atoms with Gasteiger partial charge < -0.3 is 19.9 Å². The smallest absolute Gasteiger partial charge is 0.308 e. The molecule has 0 aromatic heterocycles. The number of hydrogen-bond acceptors (Lipinski definition) is 4. The quantitative estimate of drug-likeness (QED) is 0.716. The Morgan fingerprint density at radius 2 is 2.04 bits per heavy atom. The van der Waals surface area contributed by atoms with Gasteiger partial charge in [-0.15, -0.1) is 0 Å². The van der Waals surface area contributed by atoms with Crippen LogP contribution in [0.1, 0.15) is 43.5 Å². The molecule has 1 aromatic carbocycles. The Labute approximate surface area is 148 Å². The molecule has 0 aliphatic carbocycles. The van der Waals surface area contributed by atoms with Crippen LogP contribution in [0.4, 0.5) is 0 Å². The lowest BCUT2D eigenvalue weighted by Crippen LogP contribution is -2.33. The normalized spacial score (nSPS) is 18.1. The molecule has 25 heavy (non-hydrogen) atoms. The molecule has 1 aliphatic rings. The van der Waals surface area contributed by atoms with E-state index in [-0.39, 0.29) is 24.5 Å². The van der Waals surface area contributed by atoms with E-state index in [1.165, 1.54) is 0 Å². The molecular weight excluding hydrogens is 322 g/mol. The maximum absolute atomic E-state index is 12.2. The van der Waals surface area contributed by atoms with Crippen molar-refractivity contribution in [1.29, 1.82) is 0 Å². The lowest BCUT2D eigenvalue weighted by Gasteiger charge is -2.15.